The zero-order valence-electron chi connectivity index (χ0n) is 18.5. The molecule has 3 aliphatic carbocycles. The van der Waals surface area contributed by atoms with E-state index in [9.17, 15) is 27.9 Å². The predicted octanol–water partition coefficient (Wildman–Crippen LogP) is 2.60. The number of aromatic nitrogens is 2. The van der Waals surface area contributed by atoms with E-state index < -0.39 is 41.0 Å². The summed E-state index contributed by atoms with van der Waals surface area (Å²) >= 11 is 0. The molecular formula is C23H25F3N4O4. The van der Waals surface area contributed by atoms with Gasteiger partial charge in [0, 0.05) is 11.6 Å². The number of benzene rings is 1. The molecule has 2 amide bonds. The van der Waals surface area contributed by atoms with Crippen LogP contribution in [0.4, 0.5) is 13.2 Å². The van der Waals surface area contributed by atoms with Crippen molar-refractivity contribution in [2.75, 3.05) is 6.61 Å². The van der Waals surface area contributed by atoms with Gasteiger partial charge < -0.3 is 20.5 Å². The summed E-state index contributed by atoms with van der Waals surface area (Å²) in [4.78, 5) is 32.4. The van der Waals surface area contributed by atoms with E-state index in [2.05, 4.69) is 20.6 Å². The second-order valence-corrected chi connectivity index (χ2v) is 8.99. The van der Waals surface area contributed by atoms with Crippen LogP contribution in [-0.4, -0.2) is 50.7 Å². The minimum atomic E-state index is -2.78. The van der Waals surface area contributed by atoms with E-state index in [0.717, 1.165) is 12.4 Å². The Bertz CT molecular complexity index is 1070. The maximum Gasteiger partial charge on any atom is 0.281 e. The Morgan fingerprint density at radius 2 is 1.91 bits per heavy atom. The van der Waals surface area contributed by atoms with Gasteiger partial charge in [-0.3, -0.25) is 14.6 Å². The molecule has 0 spiro atoms. The Morgan fingerprint density at radius 1 is 1.18 bits per heavy atom. The third-order valence-electron chi connectivity index (χ3n) is 6.73. The van der Waals surface area contributed by atoms with E-state index in [4.69, 9.17) is 4.74 Å². The molecule has 2 aromatic rings. The van der Waals surface area contributed by atoms with Crippen molar-refractivity contribution < 1.29 is 32.6 Å². The van der Waals surface area contributed by atoms with Gasteiger partial charge in [0.2, 0.25) is 0 Å². The molecule has 5 rings (SSSR count). The number of fused-ring (bicyclic) bond motifs is 3. The number of halogens is 3. The van der Waals surface area contributed by atoms with Crippen LogP contribution in [0, 0.1) is 12.7 Å². The van der Waals surface area contributed by atoms with Crippen molar-refractivity contribution >= 4 is 11.8 Å². The average molecular weight is 478 g/mol. The van der Waals surface area contributed by atoms with Gasteiger partial charge in [0.1, 0.15) is 23.0 Å². The molecule has 1 heterocycles. The molecular weight excluding hydrogens is 453 g/mol. The fraction of sp³-hybridized carbons (Fsp3) is 0.478. The number of ether oxygens (including phenoxy) is 1. The Kier molecular flexibility index (Phi) is 6.48. The molecule has 11 heteroatoms. The van der Waals surface area contributed by atoms with Crippen molar-refractivity contribution in [3.05, 3.63) is 53.4 Å². The highest BCUT2D eigenvalue weighted by atomic mass is 19.3. The highest BCUT2D eigenvalue weighted by Crippen LogP contribution is 2.47. The summed E-state index contributed by atoms with van der Waals surface area (Å²) in [7, 11) is 0. The van der Waals surface area contributed by atoms with Crippen LogP contribution in [-0.2, 0) is 4.79 Å². The fourth-order valence-electron chi connectivity index (χ4n) is 4.66. The first kappa shape index (κ1) is 23.9. The summed E-state index contributed by atoms with van der Waals surface area (Å²) in [5.41, 5.74) is -1.71. The largest absolute Gasteiger partial charge is 0.484 e. The van der Waals surface area contributed by atoms with Crippen molar-refractivity contribution in [2.45, 2.75) is 62.6 Å². The van der Waals surface area contributed by atoms with Gasteiger partial charge in [-0.2, -0.15) is 0 Å². The van der Waals surface area contributed by atoms with Gasteiger partial charge in [0.05, 0.1) is 24.0 Å². The first-order valence-corrected chi connectivity index (χ1v) is 10.9. The molecule has 0 unspecified atom stereocenters. The summed E-state index contributed by atoms with van der Waals surface area (Å²) in [6.07, 6.45) is 0.205. The second kappa shape index (κ2) is 9.21. The number of carbonyl (C=O) groups excluding carboxylic acids is 2. The molecule has 0 radical (unpaired) electrons. The summed E-state index contributed by atoms with van der Waals surface area (Å²) < 4.78 is 44.3. The molecule has 3 fully saturated rings. The van der Waals surface area contributed by atoms with Crippen LogP contribution in [0.15, 0.2) is 30.6 Å². The van der Waals surface area contributed by atoms with Gasteiger partial charge >= 0.3 is 0 Å². The van der Waals surface area contributed by atoms with Crippen LogP contribution in [0.1, 0.15) is 60.3 Å². The number of carbonyl (C=O) groups is 2. The minimum absolute atomic E-state index is 0.119. The Labute approximate surface area is 193 Å². The average Bonchev–Trinajstić information content (AvgIpc) is 2.81. The summed E-state index contributed by atoms with van der Waals surface area (Å²) in [5, 5.41) is 16.6. The van der Waals surface area contributed by atoms with Gasteiger partial charge in [-0.25, -0.2) is 18.2 Å². The summed E-state index contributed by atoms with van der Waals surface area (Å²) in [6, 6.07) is 4.36. The number of amides is 2. The molecule has 8 nitrogen and oxygen atoms in total. The lowest BCUT2D eigenvalue weighted by atomic mass is 9.60. The van der Waals surface area contributed by atoms with Crippen LogP contribution in [0.25, 0.3) is 0 Å². The summed E-state index contributed by atoms with van der Waals surface area (Å²) in [6.45, 7) is 1.33. The standard InChI is InChI=1S/C23H25F3N4O4/c1-13-2-3-14(8-15(13)24)34-12-19(32)29-22-4-6-23(7-5-22,18(31)9-22)30-21(33)17-11-27-16(10-28-17)20(25)26/h2-3,8,10-11,18,20,31H,4-7,9,12H2,1H3,(H,29,32)(H,30,33)/t18-,22?,23?/m1/s1. The van der Waals surface area contributed by atoms with Gasteiger partial charge in [-0.1, -0.05) is 6.07 Å². The van der Waals surface area contributed by atoms with E-state index in [1.54, 1.807) is 19.1 Å². The number of hydrogen-bond donors (Lipinski definition) is 3. The zero-order valence-corrected chi connectivity index (χ0v) is 18.5. The van der Waals surface area contributed by atoms with Crippen LogP contribution < -0.4 is 15.4 Å². The molecule has 2 bridgehead atoms. The van der Waals surface area contributed by atoms with Crippen molar-refractivity contribution in [1.82, 2.24) is 20.6 Å². The van der Waals surface area contributed by atoms with Crippen LogP contribution in [0.3, 0.4) is 0 Å². The maximum absolute atomic E-state index is 13.6. The van der Waals surface area contributed by atoms with Crippen LogP contribution in [0.5, 0.6) is 5.75 Å². The van der Waals surface area contributed by atoms with E-state index >= 15 is 0 Å². The van der Waals surface area contributed by atoms with Crippen LogP contribution in [0.2, 0.25) is 0 Å². The first-order valence-electron chi connectivity index (χ1n) is 10.9. The monoisotopic (exact) mass is 478 g/mol. The molecule has 1 aromatic carbocycles. The number of hydrogen-bond acceptors (Lipinski definition) is 6. The minimum Gasteiger partial charge on any atom is -0.484 e. The van der Waals surface area contributed by atoms with Gasteiger partial charge in [0.25, 0.3) is 18.2 Å². The van der Waals surface area contributed by atoms with Crippen molar-refractivity contribution in [2.24, 2.45) is 0 Å². The van der Waals surface area contributed by atoms with E-state index in [1.165, 1.54) is 6.07 Å². The predicted molar refractivity (Wildman–Crippen MR) is 114 cm³/mol. The molecule has 1 atom stereocenters. The third kappa shape index (κ3) is 4.84. The Balaban J connectivity index is 1.33. The zero-order chi connectivity index (χ0) is 24.5. The SMILES string of the molecule is Cc1ccc(OCC(=O)NC23CCC(NC(=O)c4cnc(C(F)F)cn4)(CC2)[C@H](O)C3)cc1F. The molecule has 3 N–H and O–H groups in total. The number of aliphatic hydroxyl groups is 1. The Morgan fingerprint density at radius 3 is 2.50 bits per heavy atom. The number of aryl methyl sites for hydroxylation is 1. The van der Waals surface area contributed by atoms with E-state index in [1.807, 2.05) is 0 Å². The molecule has 3 aliphatic rings. The molecule has 34 heavy (non-hydrogen) atoms. The maximum atomic E-state index is 13.6. The third-order valence-corrected chi connectivity index (χ3v) is 6.73. The molecule has 0 aliphatic heterocycles. The van der Waals surface area contributed by atoms with E-state index in [0.29, 0.717) is 31.2 Å². The van der Waals surface area contributed by atoms with Crippen molar-refractivity contribution in [1.29, 1.82) is 0 Å². The number of rotatable bonds is 7. The second-order valence-electron chi connectivity index (χ2n) is 8.99. The molecule has 3 saturated carbocycles. The lowest BCUT2D eigenvalue weighted by Crippen LogP contribution is -2.70. The highest BCUT2D eigenvalue weighted by molar-refractivity contribution is 5.92. The number of nitrogens with zero attached hydrogens (tertiary/aromatic N) is 2. The number of aliphatic hydroxyl groups excluding tert-OH is 1. The topological polar surface area (TPSA) is 113 Å². The number of alkyl halides is 2. The fourth-order valence-corrected chi connectivity index (χ4v) is 4.66. The molecule has 182 valence electrons. The van der Waals surface area contributed by atoms with Crippen molar-refractivity contribution in [3.63, 3.8) is 0 Å². The van der Waals surface area contributed by atoms with Crippen molar-refractivity contribution in [3.8, 4) is 5.75 Å². The van der Waals surface area contributed by atoms with E-state index in [-0.39, 0.29) is 30.4 Å². The Hall–Kier alpha value is -3.21. The summed E-state index contributed by atoms with van der Waals surface area (Å²) in [5.74, 6) is -1.17. The highest BCUT2D eigenvalue weighted by Gasteiger charge is 2.55. The smallest absolute Gasteiger partial charge is 0.281 e. The number of nitrogens with one attached hydrogen (secondary N) is 2. The lowest BCUT2D eigenvalue weighted by Gasteiger charge is -2.56. The van der Waals surface area contributed by atoms with Gasteiger partial charge in [0.15, 0.2) is 6.61 Å². The quantitative estimate of drug-likeness (QED) is 0.564. The van der Waals surface area contributed by atoms with Gasteiger partial charge in [-0.15, -0.1) is 0 Å². The molecule has 1 aromatic heterocycles. The first-order chi connectivity index (χ1) is 16.1. The van der Waals surface area contributed by atoms with Gasteiger partial charge in [-0.05, 0) is 50.7 Å². The van der Waals surface area contributed by atoms with Crippen LogP contribution >= 0.6 is 0 Å². The lowest BCUT2D eigenvalue weighted by molar-refractivity contribution is -0.129. The normalized spacial score (nSPS) is 25.8. The molecule has 0 saturated heterocycles.